The maximum absolute atomic E-state index is 12.4. The lowest BCUT2D eigenvalue weighted by Gasteiger charge is -2.28. The summed E-state index contributed by atoms with van der Waals surface area (Å²) in [6, 6.07) is 14.5. The topological polar surface area (TPSA) is 109 Å². The van der Waals surface area contributed by atoms with Crippen LogP contribution >= 0.6 is 0 Å². The number of anilines is 3. The van der Waals surface area contributed by atoms with Gasteiger partial charge in [0.05, 0.1) is 24.6 Å². The van der Waals surface area contributed by atoms with Crippen LogP contribution < -0.4 is 20.9 Å². The minimum Gasteiger partial charge on any atom is -0.444 e. The van der Waals surface area contributed by atoms with Crippen LogP contribution in [0.1, 0.15) is 44.0 Å². The van der Waals surface area contributed by atoms with Crippen molar-refractivity contribution in [2.24, 2.45) is 0 Å². The first-order valence-electron chi connectivity index (χ1n) is 12.5. The van der Waals surface area contributed by atoms with Crippen LogP contribution in [-0.2, 0) is 14.3 Å². The molecule has 1 fully saturated rings. The number of morpholine rings is 1. The van der Waals surface area contributed by atoms with Gasteiger partial charge in [-0.25, -0.2) is 4.79 Å². The number of amides is 3. The van der Waals surface area contributed by atoms with Crippen LogP contribution in [0, 0.1) is 0 Å². The number of carbonyl (C=O) groups excluding carboxylic acids is 3. The number of ether oxygens (including phenoxy) is 2. The number of nitrogens with one attached hydrogen (secondary N) is 3. The minimum atomic E-state index is -0.627. The number of carbonyl (C=O) groups is 3. The fraction of sp³-hybridized carbons (Fsp3) is 0.393. The summed E-state index contributed by atoms with van der Waals surface area (Å²) in [6.07, 6.45) is 3.92. The van der Waals surface area contributed by atoms with Crippen molar-refractivity contribution in [1.82, 2.24) is 5.32 Å². The monoisotopic (exact) mass is 508 g/mol. The van der Waals surface area contributed by atoms with Crippen LogP contribution in [-0.4, -0.2) is 56.4 Å². The standard InChI is InChI=1S/C28H36N4O5/c1-28(2,3)37-27(35)31-24-10-7-6-9-23(24)30-25(33)11-5-4-8-16-29-26(34)21-12-14-22(15-13-21)32-17-19-36-20-18-32/h5-7,9-15H,4,8,16-20H2,1-3H3,(H,29,34)(H,30,33)(H,31,35)/b11-5+. The third-order valence-electron chi connectivity index (χ3n) is 5.43. The van der Waals surface area contributed by atoms with Crippen LogP contribution in [0.4, 0.5) is 21.9 Å². The molecular formula is C28H36N4O5. The molecular weight excluding hydrogens is 472 g/mol. The second-order valence-electron chi connectivity index (χ2n) is 9.61. The summed E-state index contributed by atoms with van der Waals surface area (Å²) in [6.45, 7) is 8.98. The van der Waals surface area contributed by atoms with E-state index >= 15 is 0 Å². The molecule has 0 bridgehead atoms. The molecule has 2 aromatic carbocycles. The third-order valence-corrected chi connectivity index (χ3v) is 5.43. The first kappa shape index (κ1) is 27.7. The quantitative estimate of drug-likeness (QED) is 0.338. The van der Waals surface area contributed by atoms with Gasteiger partial charge >= 0.3 is 6.09 Å². The van der Waals surface area contributed by atoms with Crippen molar-refractivity contribution in [1.29, 1.82) is 0 Å². The van der Waals surface area contributed by atoms with Crippen molar-refractivity contribution < 1.29 is 23.9 Å². The molecule has 198 valence electrons. The SMILES string of the molecule is CC(C)(C)OC(=O)Nc1ccccc1NC(=O)/C=C/CCCNC(=O)c1ccc(N2CCOCC2)cc1. The van der Waals surface area contributed by atoms with Crippen LogP contribution in [0.15, 0.2) is 60.7 Å². The molecule has 0 aliphatic carbocycles. The molecule has 3 amide bonds. The van der Waals surface area contributed by atoms with Gasteiger partial charge in [0, 0.05) is 30.9 Å². The molecule has 1 aliphatic rings. The zero-order chi connectivity index (χ0) is 26.7. The van der Waals surface area contributed by atoms with Crippen molar-refractivity contribution >= 4 is 35.0 Å². The fourth-order valence-corrected chi connectivity index (χ4v) is 3.65. The van der Waals surface area contributed by atoms with Crippen LogP contribution in [0.25, 0.3) is 0 Å². The van der Waals surface area contributed by atoms with Crippen LogP contribution in [0.3, 0.4) is 0 Å². The summed E-state index contributed by atoms with van der Waals surface area (Å²) in [5, 5.41) is 8.32. The van der Waals surface area contributed by atoms with E-state index in [2.05, 4.69) is 20.9 Å². The van der Waals surface area contributed by atoms with Gasteiger partial charge in [0.25, 0.3) is 5.91 Å². The smallest absolute Gasteiger partial charge is 0.412 e. The Labute approximate surface area is 218 Å². The Hall–Kier alpha value is -3.85. The van der Waals surface area contributed by atoms with Crippen molar-refractivity contribution in [3.05, 3.63) is 66.2 Å². The van der Waals surface area contributed by atoms with E-state index in [1.54, 1.807) is 51.1 Å². The molecule has 3 rings (SSSR count). The van der Waals surface area contributed by atoms with Crippen molar-refractivity contribution in [2.45, 2.75) is 39.2 Å². The van der Waals surface area contributed by atoms with Gasteiger partial charge in [0.15, 0.2) is 0 Å². The molecule has 9 nitrogen and oxygen atoms in total. The Bertz CT molecular complexity index is 1090. The highest BCUT2D eigenvalue weighted by Gasteiger charge is 2.17. The van der Waals surface area contributed by atoms with E-state index < -0.39 is 11.7 Å². The third kappa shape index (κ3) is 9.61. The summed E-state index contributed by atoms with van der Waals surface area (Å²) in [7, 11) is 0. The van der Waals surface area contributed by atoms with Gasteiger partial charge in [0.2, 0.25) is 5.91 Å². The van der Waals surface area contributed by atoms with Gasteiger partial charge in [-0.15, -0.1) is 0 Å². The van der Waals surface area contributed by atoms with E-state index in [-0.39, 0.29) is 11.8 Å². The molecule has 0 aromatic heterocycles. The lowest BCUT2D eigenvalue weighted by molar-refractivity contribution is -0.111. The van der Waals surface area contributed by atoms with Gasteiger partial charge in [0.1, 0.15) is 5.60 Å². The number of nitrogens with zero attached hydrogens (tertiary/aromatic N) is 1. The van der Waals surface area contributed by atoms with Gasteiger partial charge in [-0.3, -0.25) is 14.9 Å². The van der Waals surface area contributed by atoms with Gasteiger partial charge in [-0.05, 0) is 76.1 Å². The first-order valence-corrected chi connectivity index (χ1v) is 12.5. The maximum Gasteiger partial charge on any atom is 0.412 e. The molecule has 1 saturated heterocycles. The summed E-state index contributed by atoms with van der Waals surface area (Å²) in [4.78, 5) is 39.0. The summed E-state index contributed by atoms with van der Waals surface area (Å²) >= 11 is 0. The number of benzene rings is 2. The van der Waals surface area contributed by atoms with Gasteiger partial charge in [-0.2, -0.15) is 0 Å². The van der Waals surface area contributed by atoms with Crippen molar-refractivity contribution in [3.63, 3.8) is 0 Å². The van der Waals surface area contributed by atoms with E-state index in [1.165, 1.54) is 6.08 Å². The van der Waals surface area contributed by atoms with Gasteiger partial charge in [-0.1, -0.05) is 18.2 Å². The molecule has 0 atom stereocenters. The molecule has 0 saturated carbocycles. The number of unbranched alkanes of at least 4 members (excludes halogenated alkanes) is 1. The van der Waals surface area contributed by atoms with Gasteiger partial charge < -0.3 is 25.0 Å². The molecule has 0 radical (unpaired) electrons. The Morgan fingerprint density at radius 2 is 1.62 bits per heavy atom. The van der Waals surface area contributed by atoms with E-state index in [1.807, 2.05) is 24.3 Å². The highest BCUT2D eigenvalue weighted by atomic mass is 16.6. The van der Waals surface area contributed by atoms with E-state index in [4.69, 9.17) is 9.47 Å². The zero-order valence-electron chi connectivity index (χ0n) is 21.7. The number of hydrogen-bond donors (Lipinski definition) is 3. The maximum atomic E-state index is 12.4. The normalized spacial score (nSPS) is 13.8. The fourth-order valence-electron chi connectivity index (χ4n) is 3.65. The first-order chi connectivity index (χ1) is 17.7. The minimum absolute atomic E-state index is 0.121. The Kier molecular flexibility index (Phi) is 10.1. The Morgan fingerprint density at radius 3 is 2.27 bits per heavy atom. The average Bonchev–Trinajstić information content (AvgIpc) is 2.86. The summed E-state index contributed by atoms with van der Waals surface area (Å²) < 4.78 is 10.6. The predicted octanol–water partition coefficient (Wildman–Crippen LogP) is 4.58. The van der Waals surface area contributed by atoms with E-state index in [9.17, 15) is 14.4 Å². The molecule has 37 heavy (non-hydrogen) atoms. The number of rotatable bonds is 9. The molecule has 0 spiro atoms. The average molecular weight is 509 g/mol. The van der Waals surface area contributed by atoms with Crippen molar-refractivity contribution in [2.75, 3.05) is 48.4 Å². The predicted molar refractivity (Wildman–Crippen MR) is 145 cm³/mol. The second kappa shape index (κ2) is 13.5. The van der Waals surface area contributed by atoms with Crippen molar-refractivity contribution in [3.8, 4) is 0 Å². The largest absolute Gasteiger partial charge is 0.444 e. The zero-order valence-corrected chi connectivity index (χ0v) is 21.7. The number of allylic oxidation sites excluding steroid dienone is 1. The highest BCUT2D eigenvalue weighted by molar-refractivity contribution is 6.03. The molecule has 1 aliphatic heterocycles. The highest BCUT2D eigenvalue weighted by Crippen LogP contribution is 2.22. The second-order valence-corrected chi connectivity index (χ2v) is 9.61. The molecule has 3 N–H and O–H groups in total. The molecule has 1 heterocycles. The number of hydrogen-bond acceptors (Lipinski definition) is 6. The Morgan fingerprint density at radius 1 is 0.973 bits per heavy atom. The summed E-state index contributed by atoms with van der Waals surface area (Å²) in [5.41, 5.74) is 1.99. The molecule has 9 heteroatoms. The number of para-hydroxylation sites is 2. The van der Waals surface area contributed by atoms with Crippen LogP contribution in [0.2, 0.25) is 0 Å². The summed E-state index contributed by atoms with van der Waals surface area (Å²) in [5.74, 6) is -0.438. The Balaban J connectivity index is 1.38. The molecule has 0 unspecified atom stereocenters. The molecule has 2 aromatic rings. The van der Waals surface area contributed by atoms with E-state index in [0.29, 0.717) is 36.3 Å². The lowest BCUT2D eigenvalue weighted by atomic mass is 10.1. The van der Waals surface area contributed by atoms with Crippen LogP contribution in [0.5, 0.6) is 0 Å². The lowest BCUT2D eigenvalue weighted by Crippen LogP contribution is -2.36. The van der Waals surface area contributed by atoms with E-state index in [0.717, 1.165) is 32.0 Å².